The van der Waals surface area contributed by atoms with Crippen LogP contribution in [0.1, 0.15) is 24.0 Å². The SMILES string of the molecule is OC[C@@H]1O[C@H](OCc2ccccc2)C2(CC2)[C@H](OCc2ccccc2)[C@H]1O. The van der Waals surface area contributed by atoms with E-state index in [0.717, 1.165) is 24.0 Å². The molecular formula is C22H26O5. The molecule has 1 saturated heterocycles. The average molecular weight is 370 g/mol. The summed E-state index contributed by atoms with van der Waals surface area (Å²) in [6.07, 6.45) is -0.763. The van der Waals surface area contributed by atoms with Crippen LogP contribution in [0, 0.1) is 5.41 Å². The van der Waals surface area contributed by atoms with E-state index in [-0.39, 0.29) is 12.0 Å². The van der Waals surface area contributed by atoms with Gasteiger partial charge in [0.05, 0.1) is 31.3 Å². The third-order valence-electron chi connectivity index (χ3n) is 5.55. The number of hydrogen-bond acceptors (Lipinski definition) is 5. The van der Waals surface area contributed by atoms with Crippen LogP contribution in [0.2, 0.25) is 0 Å². The Balaban J connectivity index is 1.47. The Labute approximate surface area is 159 Å². The van der Waals surface area contributed by atoms with Crippen molar-refractivity contribution in [1.82, 2.24) is 0 Å². The molecule has 144 valence electrons. The van der Waals surface area contributed by atoms with Crippen LogP contribution in [0.4, 0.5) is 0 Å². The summed E-state index contributed by atoms with van der Waals surface area (Å²) in [5, 5.41) is 20.4. The van der Waals surface area contributed by atoms with Crippen molar-refractivity contribution in [3.63, 3.8) is 0 Å². The van der Waals surface area contributed by atoms with Crippen molar-refractivity contribution in [1.29, 1.82) is 0 Å². The Hall–Kier alpha value is -1.76. The molecule has 4 rings (SSSR count). The van der Waals surface area contributed by atoms with Crippen molar-refractivity contribution in [2.75, 3.05) is 6.61 Å². The standard InChI is InChI=1S/C22H26O5/c23-13-18-19(24)20(25-14-16-7-3-1-4-8-16)22(11-12-22)21(27-18)26-15-17-9-5-2-6-10-17/h1-10,18-21,23-24H,11-15H2/t18-,19-,20+,21-/m0/s1. The molecule has 1 spiro atoms. The fraction of sp³-hybridized carbons (Fsp3) is 0.455. The normalized spacial score (nSPS) is 29.0. The quantitative estimate of drug-likeness (QED) is 0.784. The van der Waals surface area contributed by atoms with Gasteiger partial charge >= 0.3 is 0 Å². The highest BCUT2D eigenvalue weighted by atomic mass is 16.7. The Bertz CT molecular complexity index is 716. The second-order valence-electron chi connectivity index (χ2n) is 7.43. The smallest absolute Gasteiger partial charge is 0.166 e. The Morgan fingerprint density at radius 1 is 0.889 bits per heavy atom. The molecule has 1 aliphatic carbocycles. The number of aliphatic hydroxyl groups is 2. The zero-order chi connectivity index (χ0) is 18.7. The summed E-state index contributed by atoms with van der Waals surface area (Å²) in [6.45, 7) is 0.564. The lowest BCUT2D eigenvalue weighted by Crippen LogP contribution is -2.58. The van der Waals surface area contributed by atoms with Gasteiger partial charge in [-0.25, -0.2) is 0 Å². The minimum Gasteiger partial charge on any atom is -0.394 e. The lowest BCUT2D eigenvalue weighted by molar-refractivity contribution is -0.307. The predicted molar refractivity (Wildman–Crippen MR) is 99.7 cm³/mol. The Morgan fingerprint density at radius 3 is 1.96 bits per heavy atom. The first-order valence-corrected chi connectivity index (χ1v) is 9.48. The summed E-state index contributed by atoms with van der Waals surface area (Å²) in [5.41, 5.74) is 1.76. The van der Waals surface area contributed by atoms with Crippen molar-refractivity contribution in [3.05, 3.63) is 71.8 Å². The van der Waals surface area contributed by atoms with Crippen LogP contribution in [0.25, 0.3) is 0 Å². The average Bonchev–Trinajstić information content (AvgIpc) is 3.50. The number of hydrogen-bond donors (Lipinski definition) is 2. The van der Waals surface area contributed by atoms with Gasteiger partial charge in [-0.15, -0.1) is 0 Å². The molecule has 4 atom stereocenters. The van der Waals surface area contributed by atoms with Crippen LogP contribution in [0.3, 0.4) is 0 Å². The third-order valence-corrected chi connectivity index (χ3v) is 5.55. The minimum atomic E-state index is -0.877. The summed E-state index contributed by atoms with van der Waals surface area (Å²) < 4.78 is 18.2. The number of benzene rings is 2. The predicted octanol–water partition coefficient (Wildman–Crippen LogP) is 2.65. The Morgan fingerprint density at radius 2 is 1.44 bits per heavy atom. The second-order valence-corrected chi connectivity index (χ2v) is 7.43. The molecule has 0 bridgehead atoms. The van der Waals surface area contributed by atoms with Gasteiger partial charge in [0.25, 0.3) is 0 Å². The van der Waals surface area contributed by atoms with Crippen molar-refractivity contribution < 1.29 is 24.4 Å². The third kappa shape index (κ3) is 3.93. The Kier molecular flexibility index (Phi) is 5.57. The molecule has 5 nitrogen and oxygen atoms in total. The topological polar surface area (TPSA) is 68.2 Å². The van der Waals surface area contributed by atoms with Crippen LogP contribution >= 0.6 is 0 Å². The summed E-state index contributed by atoms with van der Waals surface area (Å²) in [7, 11) is 0. The largest absolute Gasteiger partial charge is 0.394 e. The summed E-state index contributed by atoms with van der Waals surface area (Å²) in [5.74, 6) is 0. The van der Waals surface area contributed by atoms with Gasteiger partial charge in [-0.3, -0.25) is 0 Å². The van der Waals surface area contributed by atoms with E-state index in [9.17, 15) is 10.2 Å². The van der Waals surface area contributed by atoms with E-state index in [0.29, 0.717) is 13.2 Å². The van der Waals surface area contributed by atoms with Crippen LogP contribution in [0.15, 0.2) is 60.7 Å². The van der Waals surface area contributed by atoms with E-state index in [1.165, 1.54) is 0 Å². The maximum absolute atomic E-state index is 10.7. The van der Waals surface area contributed by atoms with E-state index in [1.807, 2.05) is 60.7 Å². The van der Waals surface area contributed by atoms with Gasteiger partial charge in [-0.2, -0.15) is 0 Å². The van der Waals surface area contributed by atoms with Gasteiger partial charge in [0, 0.05) is 0 Å². The molecule has 0 radical (unpaired) electrons. The van der Waals surface area contributed by atoms with Crippen molar-refractivity contribution in [2.24, 2.45) is 5.41 Å². The zero-order valence-corrected chi connectivity index (χ0v) is 15.2. The highest BCUT2D eigenvalue weighted by Gasteiger charge is 2.64. The highest BCUT2D eigenvalue weighted by Crippen LogP contribution is 2.58. The molecule has 2 aromatic carbocycles. The van der Waals surface area contributed by atoms with Crippen LogP contribution < -0.4 is 0 Å². The molecule has 2 aromatic rings. The number of ether oxygens (including phenoxy) is 3. The first-order valence-electron chi connectivity index (χ1n) is 9.48. The van der Waals surface area contributed by atoms with E-state index >= 15 is 0 Å². The van der Waals surface area contributed by atoms with Gasteiger partial charge in [-0.05, 0) is 24.0 Å². The molecule has 2 N–H and O–H groups in total. The van der Waals surface area contributed by atoms with Crippen LogP contribution in [0.5, 0.6) is 0 Å². The molecule has 2 aliphatic rings. The second kappa shape index (κ2) is 8.09. The first-order chi connectivity index (χ1) is 13.2. The maximum atomic E-state index is 10.7. The van der Waals surface area contributed by atoms with Gasteiger partial charge < -0.3 is 24.4 Å². The molecule has 1 saturated carbocycles. The minimum absolute atomic E-state index is 0.270. The number of aliphatic hydroxyl groups excluding tert-OH is 2. The van der Waals surface area contributed by atoms with E-state index < -0.39 is 24.6 Å². The lowest BCUT2D eigenvalue weighted by atomic mass is 9.87. The van der Waals surface area contributed by atoms with E-state index in [2.05, 4.69) is 0 Å². The molecule has 5 heteroatoms. The summed E-state index contributed by atoms with van der Waals surface area (Å²) in [6, 6.07) is 19.8. The van der Waals surface area contributed by atoms with Crippen molar-refractivity contribution in [3.8, 4) is 0 Å². The van der Waals surface area contributed by atoms with Gasteiger partial charge in [0.15, 0.2) is 6.29 Å². The van der Waals surface area contributed by atoms with Crippen LogP contribution in [-0.4, -0.2) is 41.4 Å². The monoisotopic (exact) mass is 370 g/mol. The fourth-order valence-corrected chi connectivity index (χ4v) is 3.84. The van der Waals surface area contributed by atoms with Gasteiger partial charge in [-0.1, -0.05) is 60.7 Å². The van der Waals surface area contributed by atoms with Crippen LogP contribution in [-0.2, 0) is 27.4 Å². The fourth-order valence-electron chi connectivity index (χ4n) is 3.84. The first kappa shape index (κ1) is 18.6. The van der Waals surface area contributed by atoms with E-state index in [4.69, 9.17) is 14.2 Å². The molecule has 0 aromatic heterocycles. The summed E-state index contributed by atoms with van der Waals surface area (Å²) >= 11 is 0. The maximum Gasteiger partial charge on any atom is 0.166 e. The summed E-state index contributed by atoms with van der Waals surface area (Å²) in [4.78, 5) is 0. The molecule has 2 fully saturated rings. The zero-order valence-electron chi connectivity index (χ0n) is 15.2. The van der Waals surface area contributed by atoms with Crippen molar-refractivity contribution in [2.45, 2.75) is 50.7 Å². The van der Waals surface area contributed by atoms with Crippen molar-refractivity contribution >= 4 is 0 Å². The molecule has 1 heterocycles. The highest BCUT2D eigenvalue weighted by molar-refractivity contribution is 5.16. The lowest BCUT2D eigenvalue weighted by Gasteiger charge is -2.44. The molecular weight excluding hydrogens is 344 g/mol. The van der Waals surface area contributed by atoms with Gasteiger partial charge in [0.1, 0.15) is 12.2 Å². The molecule has 0 amide bonds. The van der Waals surface area contributed by atoms with E-state index in [1.54, 1.807) is 0 Å². The molecule has 1 aliphatic heterocycles. The molecule has 27 heavy (non-hydrogen) atoms. The molecule has 0 unspecified atom stereocenters. The van der Waals surface area contributed by atoms with Gasteiger partial charge in [0.2, 0.25) is 0 Å². The number of rotatable bonds is 7.